The number of amides is 2. The molecule has 2 atom stereocenters. The van der Waals surface area contributed by atoms with Crippen molar-refractivity contribution in [1.29, 1.82) is 0 Å². The van der Waals surface area contributed by atoms with E-state index in [0.29, 0.717) is 16.8 Å². The number of H-pyrrole nitrogens is 1. The molecular weight excluding hydrogens is 377 g/mol. The highest BCUT2D eigenvalue weighted by Crippen LogP contribution is 2.30. The molecule has 0 spiro atoms. The van der Waals surface area contributed by atoms with Gasteiger partial charge in [0.25, 0.3) is 5.91 Å². The maximum Gasteiger partial charge on any atom is 0.432 e. The van der Waals surface area contributed by atoms with Gasteiger partial charge < -0.3 is 20.4 Å². The van der Waals surface area contributed by atoms with Crippen LogP contribution in [-0.4, -0.2) is 34.6 Å². The van der Waals surface area contributed by atoms with Gasteiger partial charge in [0.2, 0.25) is 0 Å². The summed E-state index contributed by atoms with van der Waals surface area (Å²) in [6, 6.07) is 5.13. The number of alkyl carbamates (subject to hydrolysis) is 1. The number of aromatic nitrogens is 2. The fourth-order valence-corrected chi connectivity index (χ4v) is 2.49. The van der Waals surface area contributed by atoms with Crippen LogP contribution in [0.4, 0.5) is 18.0 Å². The number of nitrogens with one attached hydrogen (secondary N) is 3. The van der Waals surface area contributed by atoms with Crippen molar-refractivity contribution >= 4 is 23.6 Å². The predicted molar refractivity (Wildman–Crippen MR) is 83.3 cm³/mol. The van der Waals surface area contributed by atoms with Gasteiger partial charge in [0.1, 0.15) is 17.6 Å². The fraction of sp³-hybridized carbons (Fsp3) is 0.267. The van der Waals surface area contributed by atoms with Crippen molar-refractivity contribution in [2.24, 2.45) is 0 Å². The SMILES string of the molecule is O=C1NC[C@@H](C(=O)NC(c2ccc(Cl)cc2)c2ncc(C(F)(F)F)[nH]2)O1. The number of imidazole rings is 1. The molecule has 0 bridgehead atoms. The van der Waals surface area contributed by atoms with Crippen LogP contribution in [0.15, 0.2) is 30.5 Å². The average molecular weight is 389 g/mol. The Hall–Kier alpha value is -2.75. The molecule has 2 amide bonds. The van der Waals surface area contributed by atoms with E-state index in [-0.39, 0.29) is 12.4 Å². The van der Waals surface area contributed by atoms with Crippen molar-refractivity contribution < 1.29 is 27.5 Å². The molecule has 1 unspecified atom stereocenters. The van der Waals surface area contributed by atoms with Crippen molar-refractivity contribution in [3.8, 4) is 0 Å². The molecule has 138 valence electrons. The normalized spacial score (nSPS) is 18.2. The molecule has 11 heteroatoms. The van der Waals surface area contributed by atoms with Crippen molar-refractivity contribution in [2.75, 3.05) is 6.54 Å². The van der Waals surface area contributed by atoms with Gasteiger partial charge >= 0.3 is 12.3 Å². The van der Waals surface area contributed by atoms with Crippen LogP contribution >= 0.6 is 11.6 Å². The van der Waals surface area contributed by atoms with E-state index in [1.165, 1.54) is 12.1 Å². The van der Waals surface area contributed by atoms with Crippen LogP contribution in [0.25, 0.3) is 0 Å². The van der Waals surface area contributed by atoms with Crippen LogP contribution in [0.2, 0.25) is 5.02 Å². The molecule has 1 aliphatic rings. The second kappa shape index (κ2) is 6.87. The lowest BCUT2D eigenvalue weighted by atomic mass is 10.1. The Kier molecular flexibility index (Phi) is 4.77. The van der Waals surface area contributed by atoms with Gasteiger partial charge in [0, 0.05) is 5.02 Å². The molecule has 2 heterocycles. The number of alkyl halides is 3. The molecule has 1 fully saturated rings. The van der Waals surface area contributed by atoms with E-state index in [2.05, 4.69) is 20.6 Å². The van der Waals surface area contributed by atoms with Crippen LogP contribution < -0.4 is 10.6 Å². The summed E-state index contributed by atoms with van der Waals surface area (Å²) in [5.74, 6) is -0.793. The zero-order valence-electron chi connectivity index (χ0n) is 12.9. The molecule has 7 nitrogen and oxygen atoms in total. The van der Waals surface area contributed by atoms with E-state index in [4.69, 9.17) is 16.3 Å². The Labute approximate surface area is 149 Å². The minimum atomic E-state index is -4.61. The number of hydrogen-bond donors (Lipinski definition) is 3. The Balaban J connectivity index is 1.89. The number of carbonyl (C=O) groups is 2. The number of hydrogen-bond acceptors (Lipinski definition) is 4. The summed E-state index contributed by atoms with van der Waals surface area (Å²) in [6.45, 7) is -0.0377. The van der Waals surface area contributed by atoms with Crippen LogP contribution in [-0.2, 0) is 15.7 Å². The number of rotatable bonds is 4. The van der Waals surface area contributed by atoms with E-state index in [0.717, 1.165) is 0 Å². The van der Waals surface area contributed by atoms with Crippen molar-refractivity contribution in [3.63, 3.8) is 0 Å². The third kappa shape index (κ3) is 3.90. The summed E-state index contributed by atoms with van der Waals surface area (Å²) in [7, 11) is 0. The van der Waals surface area contributed by atoms with Crippen molar-refractivity contribution in [3.05, 3.63) is 52.6 Å². The van der Waals surface area contributed by atoms with Gasteiger partial charge in [-0.2, -0.15) is 13.2 Å². The highest BCUT2D eigenvalue weighted by molar-refractivity contribution is 6.30. The molecule has 3 rings (SSSR count). The van der Waals surface area contributed by atoms with Crippen LogP contribution in [0.3, 0.4) is 0 Å². The Morgan fingerprint density at radius 2 is 2.04 bits per heavy atom. The molecule has 1 aromatic carbocycles. The fourth-order valence-electron chi connectivity index (χ4n) is 2.36. The molecule has 1 aliphatic heterocycles. The second-order valence-corrected chi connectivity index (χ2v) is 5.88. The van der Waals surface area contributed by atoms with Gasteiger partial charge in [-0.25, -0.2) is 9.78 Å². The predicted octanol–water partition coefficient (Wildman–Crippen LogP) is 2.40. The maximum absolute atomic E-state index is 12.8. The number of cyclic esters (lactones) is 1. The largest absolute Gasteiger partial charge is 0.434 e. The number of ether oxygens (including phenoxy) is 1. The summed E-state index contributed by atoms with van der Waals surface area (Å²) in [5.41, 5.74) is -0.599. The molecule has 2 aromatic rings. The summed E-state index contributed by atoms with van der Waals surface area (Å²) < 4.78 is 43.3. The lowest BCUT2D eigenvalue weighted by molar-refractivity contribution is -0.140. The zero-order valence-corrected chi connectivity index (χ0v) is 13.7. The highest BCUT2D eigenvalue weighted by Gasteiger charge is 2.35. The quantitative estimate of drug-likeness (QED) is 0.749. The molecule has 3 N–H and O–H groups in total. The lowest BCUT2D eigenvalue weighted by Gasteiger charge is -2.19. The van der Waals surface area contributed by atoms with Gasteiger partial charge in [-0.3, -0.25) is 4.79 Å². The molecule has 26 heavy (non-hydrogen) atoms. The minimum absolute atomic E-state index is 0.0377. The van der Waals surface area contributed by atoms with Crippen LogP contribution in [0, 0.1) is 0 Å². The van der Waals surface area contributed by atoms with E-state index in [9.17, 15) is 22.8 Å². The van der Waals surface area contributed by atoms with Crippen molar-refractivity contribution in [1.82, 2.24) is 20.6 Å². The monoisotopic (exact) mass is 388 g/mol. The van der Waals surface area contributed by atoms with E-state index >= 15 is 0 Å². The first-order valence-electron chi connectivity index (χ1n) is 7.36. The van der Waals surface area contributed by atoms with Crippen LogP contribution in [0.5, 0.6) is 0 Å². The van der Waals surface area contributed by atoms with E-state index in [1.807, 2.05) is 0 Å². The second-order valence-electron chi connectivity index (χ2n) is 5.45. The lowest BCUT2D eigenvalue weighted by Crippen LogP contribution is -2.39. The molecule has 1 aromatic heterocycles. The topological polar surface area (TPSA) is 96.1 Å². The standard InChI is InChI=1S/C15H12ClF3N4O3/c16-8-3-1-7(2-4-8)11(12-20-6-10(22-12)15(17,18)19)23-13(24)9-5-21-14(25)26-9/h1-4,6,9,11H,5H2,(H,20,22)(H,21,25)(H,23,24)/t9-,11?/m0/s1. The summed E-state index contributed by atoms with van der Waals surface area (Å²) in [6.07, 6.45) is -5.80. The first kappa shape index (κ1) is 18.1. The molecule has 0 aliphatic carbocycles. The van der Waals surface area contributed by atoms with Gasteiger partial charge in [-0.15, -0.1) is 0 Å². The van der Waals surface area contributed by atoms with E-state index < -0.39 is 36.0 Å². The third-order valence-electron chi connectivity index (χ3n) is 3.64. The zero-order chi connectivity index (χ0) is 18.9. The smallest absolute Gasteiger partial charge is 0.432 e. The van der Waals surface area contributed by atoms with Crippen molar-refractivity contribution in [2.45, 2.75) is 18.3 Å². The Bertz CT molecular complexity index is 822. The molecule has 0 saturated carbocycles. The maximum atomic E-state index is 12.8. The first-order chi connectivity index (χ1) is 12.2. The summed E-state index contributed by atoms with van der Waals surface area (Å²) in [4.78, 5) is 29.3. The number of benzene rings is 1. The third-order valence-corrected chi connectivity index (χ3v) is 3.89. The van der Waals surface area contributed by atoms with Gasteiger partial charge in [-0.1, -0.05) is 23.7 Å². The van der Waals surface area contributed by atoms with Crippen LogP contribution in [0.1, 0.15) is 23.1 Å². The summed E-state index contributed by atoms with van der Waals surface area (Å²) in [5, 5.41) is 5.28. The van der Waals surface area contributed by atoms with Gasteiger partial charge in [0.05, 0.1) is 12.7 Å². The van der Waals surface area contributed by atoms with Gasteiger partial charge in [0.15, 0.2) is 6.10 Å². The molecule has 0 radical (unpaired) electrons. The number of carbonyl (C=O) groups excluding carboxylic acids is 2. The summed E-state index contributed by atoms with van der Waals surface area (Å²) >= 11 is 5.83. The Morgan fingerprint density at radius 1 is 1.35 bits per heavy atom. The number of nitrogens with zero attached hydrogens (tertiary/aromatic N) is 1. The molecule has 1 saturated heterocycles. The number of aromatic amines is 1. The minimum Gasteiger partial charge on any atom is -0.434 e. The van der Waals surface area contributed by atoms with E-state index in [1.54, 1.807) is 12.1 Å². The van der Waals surface area contributed by atoms with Gasteiger partial charge in [-0.05, 0) is 17.7 Å². The highest BCUT2D eigenvalue weighted by atomic mass is 35.5. The Morgan fingerprint density at radius 3 is 2.58 bits per heavy atom. The number of halogens is 4. The first-order valence-corrected chi connectivity index (χ1v) is 7.74. The average Bonchev–Trinajstić information content (AvgIpc) is 3.22. The molecular formula is C15H12ClF3N4O3.